The highest BCUT2D eigenvalue weighted by molar-refractivity contribution is 5.97. The van der Waals surface area contributed by atoms with Crippen LogP contribution in [0, 0.1) is 6.92 Å². The van der Waals surface area contributed by atoms with Gasteiger partial charge in [-0.25, -0.2) is 4.79 Å². The van der Waals surface area contributed by atoms with Gasteiger partial charge in [0.1, 0.15) is 0 Å². The molecule has 4 heterocycles. The number of hydrogen-bond acceptors (Lipinski definition) is 2. The van der Waals surface area contributed by atoms with Gasteiger partial charge in [-0.05, 0) is 73.4 Å². The molecule has 156 valence electrons. The maximum Gasteiger partial charge on any atom is 0.325 e. The Labute approximate surface area is 183 Å². The number of urea groups is 1. The van der Waals surface area contributed by atoms with Crippen molar-refractivity contribution in [1.82, 2.24) is 9.88 Å². The van der Waals surface area contributed by atoms with E-state index in [0.29, 0.717) is 0 Å². The van der Waals surface area contributed by atoms with E-state index in [1.807, 2.05) is 23.2 Å². The molecular formula is C27H27N3O. The highest BCUT2D eigenvalue weighted by Gasteiger charge is 2.42. The summed E-state index contributed by atoms with van der Waals surface area (Å²) in [7, 11) is 0. The number of pyridine rings is 1. The van der Waals surface area contributed by atoms with Gasteiger partial charge in [-0.3, -0.25) is 9.88 Å². The summed E-state index contributed by atoms with van der Waals surface area (Å²) < 4.78 is 0. The number of nitrogens with zero attached hydrogens (tertiary/aromatic N) is 3. The Morgan fingerprint density at radius 1 is 1.06 bits per heavy atom. The number of para-hydroxylation sites is 1. The maximum atomic E-state index is 13.7. The molecule has 4 heteroatoms. The molecule has 2 bridgehead atoms. The van der Waals surface area contributed by atoms with Crippen LogP contribution in [0.5, 0.6) is 0 Å². The molecule has 0 saturated carbocycles. The van der Waals surface area contributed by atoms with Gasteiger partial charge in [-0.2, -0.15) is 0 Å². The summed E-state index contributed by atoms with van der Waals surface area (Å²) in [5, 5.41) is 1.22. The van der Waals surface area contributed by atoms with E-state index in [4.69, 9.17) is 0 Å². The van der Waals surface area contributed by atoms with Crippen LogP contribution < -0.4 is 4.90 Å². The summed E-state index contributed by atoms with van der Waals surface area (Å²) in [6.07, 6.45) is 9.38. The number of aryl methyl sites for hydroxylation is 2. The SMILES string of the molecule is Cc1ccc(C2=CC3CCC(C2)N3C(=O)N2CCCc3ccccc32)c2cccnc12. The van der Waals surface area contributed by atoms with E-state index >= 15 is 0 Å². The van der Waals surface area contributed by atoms with Crippen molar-refractivity contribution in [2.24, 2.45) is 0 Å². The number of anilines is 1. The number of aromatic nitrogens is 1. The van der Waals surface area contributed by atoms with E-state index in [2.05, 4.69) is 59.3 Å². The first kappa shape index (κ1) is 18.6. The summed E-state index contributed by atoms with van der Waals surface area (Å²) in [5.74, 6) is 0. The predicted molar refractivity (Wildman–Crippen MR) is 125 cm³/mol. The zero-order valence-electron chi connectivity index (χ0n) is 17.9. The lowest BCUT2D eigenvalue weighted by Crippen LogP contribution is -2.51. The minimum atomic E-state index is 0.184. The van der Waals surface area contributed by atoms with E-state index in [0.717, 1.165) is 49.9 Å². The van der Waals surface area contributed by atoms with Crippen LogP contribution in [0.4, 0.5) is 10.5 Å². The predicted octanol–water partition coefficient (Wildman–Crippen LogP) is 5.74. The number of fused-ring (bicyclic) bond motifs is 4. The third-order valence-electron chi connectivity index (χ3n) is 7.27. The number of hydrogen-bond donors (Lipinski definition) is 0. The molecule has 0 aliphatic carbocycles. The standard InChI is InChI=1S/C27H27N3O/c1-18-10-13-23(24-8-4-14-28-26(18)24)20-16-21-11-12-22(17-20)30(21)27(31)29-15-5-7-19-6-2-3-9-25(19)29/h2-4,6,8-10,13-14,16,21-22H,5,7,11-12,15,17H2,1H3. The van der Waals surface area contributed by atoms with Gasteiger partial charge in [0.25, 0.3) is 0 Å². The fourth-order valence-corrected chi connectivity index (χ4v) is 5.79. The molecule has 3 aromatic rings. The Morgan fingerprint density at radius 3 is 2.87 bits per heavy atom. The summed E-state index contributed by atoms with van der Waals surface area (Å²) in [5.41, 5.74) is 7.33. The molecule has 2 aromatic carbocycles. The minimum absolute atomic E-state index is 0.184. The molecule has 1 saturated heterocycles. The number of carbonyl (C=O) groups excluding carboxylic acids is 1. The lowest BCUT2D eigenvalue weighted by Gasteiger charge is -2.39. The van der Waals surface area contributed by atoms with Crippen LogP contribution in [-0.2, 0) is 6.42 Å². The van der Waals surface area contributed by atoms with Crippen LogP contribution in [0.1, 0.15) is 42.4 Å². The van der Waals surface area contributed by atoms with Crippen molar-refractivity contribution in [1.29, 1.82) is 0 Å². The number of rotatable bonds is 1. The summed E-state index contributed by atoms with van der Waals surface area (Å²) in [6, 6.07) is 17.6. The lowest BCUT2D eigenvalue weighted by atomic mass is 9.91. The molecule has 0 radical (unpaired) electrons. The van der Waals surface area contributed by atoms with Crippen molar-refractivity contribution in [3.05, 3.63) is 77.5 Å². The number of carbonyl (C=O) groups is 1. The minimum Gasteiger partial charge on any atom is -0.315 e. The van der Waals surface area contributed by atoms with Crippen LogP contribution in [0.3, 0.4) is 0 Å². The molecule has 1 aromatic heterocycles. The molecule has 3 aliphatic rings. The molecular weight excluding hydrogens is 382 g/mol. The van der Waals surface area contributed by atoms with E-state index in [1.54, 1.807) is 0 Å². The molecule has 1 fully saturated rings. The van der Waals surface area contributed by atoms with Gasteiger partial charge in [0.2, 0.25) is 0 Å². The third-order valence-corrected chi connectivity index (χ3v) is 7.27. The quantitative estimate of drug-likeness (QED) is 0.514. The Balaban J connectivity index is 1.35. The summed E-state index contributed by atoms with van der Waals surface area (Å²) in [4.78, 5) is 22.5. The largest absolute Gasteiger partial charge is 0.325 e. The molecule has 31 heavy (non-hydrogen) atoms. The highest BCUT2D eigenvalue weighted by Crippen LogP contribution is 2.42. The normalized spacial score (nSPS) is 22.4. The van der Waals surface area contributed by atoms with Crippen LogP contribution >= 0.6 is 0 Å². The molecule has 2 amide bonds. The second-order valence-electron chi connectivity index (χ2n) is 9.10. The average Bonchev–Trinajstić information content (AvgIpc) is 3.08. The van der Waals surface area contributed by atoms with Crippen LogP contribution in [0.15, 0.2) is 60.8 Å². The van der Waals surface area contributed by atoms with Gasteiger partial charge in [0, 0.05) is 29.9 Å². The molecule has 2 unspecified atom stereocenters. The molecule has 3 aliphatic heterocycles. The van der Waals surface area contributed by atoms with Gasteiger partial charge in [0.05, 0.1) is 11.6 Å². The Hall–Kier alpha value is -3.14. The summed E-state index contributed by atoms with van der Waals surface area (Å²) in [6.45, 7) is 2.94. The Bertz CT molecular complexity index is 1210. The fourth-order valence-electron chi connectivity index (χ4n) is 5.79. The van der Waals surface area contributed by atoms with Gasteiger partial charge >= 0.3 is 6.03 Å². The highest BCUT2D eigenvalue weighted by atomic mass is 16.2. The van der Waals surface area contributed by atoms with Crippen molar-refractivity contribution in [2.45, 2.75) is 51.1 Å². The van der Waals surface area contributed by atoms with Gasteiger partial charge in [-0.1, -0.05) is 42.5 Å². The second kappa shape index (κ2) is 7.23. The van der Waals surface area contributed by atoms with Crippen LogP contribution in [-0.4, -0.2) is 34.5 Å². The molecule has 6 rings (SSSR count). The topological polar surface area (TPSA) is 36.4 Å². The average molecular weight is 410 g/mol. The summed E-state index contributed by atoms with van der Waals surface area (Å²) >= 11 is 0. The van der Waals surface area contributed by atoms with Gasteiger partial charge < -0.3 is 4.90 Å². The van der Waals surface area contributed by atoms with E-state index in [-0.39, 0.29) is 18.1 Å². The van der Waals surface area contributed by atoms with E-state index in [1.165, 1.54) is 27.6 Å². The first-order valence-corrected chi connectivity index (χ1v) is 11.4. The van der Waals surface area contributed by atoms with Gasteiger partial charge in [0.15, 0.2) is 0 Å². The lowest BCUT2D eigenvalue weighted by molar-refractivity contribution is 0.186. The first-order chi connectivity index (χ1) is 15.2. The smallest absolute Gasteiger partial charge is 0.315 e. The van der Waals surface area contributed by atoms with Crippen molar-refractivity contribution >= 4 is 28.2 Å². The van der Waals surface area contributed by atoms with E-state index in [9.17, 15) is 4.79 Å². The van der Waals surface area contributed by atoms with E-state index < -0.39 is 0 Å². The van der Waals surface area contributed by atoms with Gasteiger partial charge in [-0.15, -0.1) is 0 Å². The monoisotopic (exact) mass is 409 g/mol. The molecule has 2 atom stereocenters. The molecule has 4 nitrogen and oxygen atoms in total. The third kappa shape index (κ3) is 2.96. The van der Waals surface area contributed by atoms with Crippen molar-refractivity contribution in [3.8, 4) is 0 Å². The molecule has 0 N–H and O–H groups in total. The zero-order valence-corrected chi connectivity index (χ0v) is 17.9. The Morgan fingerprint density at radius 2 is 1.97 bits per heavy atom. The van der Waals surface area contributed by atoms with Crippen LogP contribution in [0.2, 0.25) is 0 Å². The van der Waals surface area contributed by atoms with Crippen molar-refractivity contribution in [2.75, 3.05) is 11.4 Å². The number of benzene rings is 2. The second-order valence-corrected chi connectivity index (χ2v) is 9.10. The van der Waals surface area contributed by atoms with Crippen molar-refractivity contribution in [3.63, 3.8) is 0 Å². The Kier molecular flexibility index (Phi) is 4.34. The van der Waals surface area contributed by atoms with Crippen molar-refractivity contribution < 1.29 is 4.79 Å². The maximum absolute atomic E-state index is 13.7. The fraction of sp³-hybridized carbons (Fsp3) is 0.333. The zero-order chi connectivity index (χ0) is 20.9. The van der Waals surface area contributed by atoms with Crippen LogP contribution in [0.25, 0.3) is 16.5 Å². The molecule has 0 spiro atoms. The first-order valence-electron chi connectivity index (χ1n) is 11.4. The number of amides is 2.